The van der Waals surface area contributed by atoms with Crippen LogP contribution in [0.2, 0.25) is 25.2 Å². The Labute approximate surface area is 86.7 Å². The molecule has 0 spiro atoms. The van der Waals surface area contributed by atoms with Crippen LogP contribution in [0.5, 0.6) is 0 Å². The Morgan fingerprint density at radius 1 is 1.57 bits per heavy atom. The van der Waals surface area contributed by atoms with E-state index < -0.39 is 8.07 Å². The molecule has 0 aromatic rings. The summed E-state index contributed by atoms with van der Waals surface area (Å²) in [6.07, 6.45) is 3.92. The van der Waals surface area contributed by atoms with Gasteiger partial charge in [-0.05, 0) is 19.8 Å². The van der Waals surface area contributed by atoms with E-state index in [-0.39, 0.29) is 17.5 Å². The van der Waals surface area contributed by atoms with Gasteiger partial charge in [0.25, 0.3) is 0 Å². The summed E-state index contributed by atoms with van der Waals surface area (Å²) in [4.78, 5) is 13.2. The molecule has 77 valence electrons. The molecule has 3 nitrogen and oxygen atoms in total. The number of nitriles is 1. The molecule has 0 aromatic carbocycles. The lowest BCUT2D eigenvalue weighted by Crippen LogP contribution is -2.40. The highest BCUT2D eigenvalue weighted by Gasteiger charge is 2.38. The van der Waals surface area contributed by atoms with E-state index in [2.05, 4.69) is 26.6 Å². The van der Waals surface area contributed by atoms with Crippen molar-refractivity contribution in [1.29, 1.82) is 5.26 Å². The van der Waals surface area contributed by atoms with Gasteiger partial charge in [0.2, 0.25) is 5.91 Å². The van der Waals surface area contributed by atoms with Crippen LogP contribution >= 0.6 is 0 Å². The monoisotopic (exact) mass is 209 g/mol. The molecule has 0 heterocycles. The van der Waals surface area contributed by atoms with Gasteiger partial charge < -0.3 is 0 Å². The van der Waals surface area contributed by atoms with Gasteiger partial charge in [-0.3, -0.25) is 4.79 Å². The molecule has 0 aliphatic heterocycles. The first kappa shape index (κ1) is 11.3. The summed E-state index contributed by atoms with van der Waals surface area (Å²) in [5, 5.41) is 8.86. The van der Waals surface area contributed by atoms with E-state index in [0.29, 0.717) is 0 Å². The summed E-state index contributed by atoms with van der Waals surface area (Å²) in [5.41, 5.74) is -0.206. The van der Waals surface area contributed by atoms with E-state index in [0.717, 1.165) is 12.8 Å². The highest BCUT2D eigenvalue weighted by Crippen LogP contribution is 2.31. The molecular formula is C10H17N2OSi. The van der Waals surface area contributed by atoms with Crippen molar-refractivity contribution in [3.63, 3.8) is 0 Å². The van der Waals surface area contributed by atoms with Crippen LogP contribution in [0.4, 0.5) is 0 Å². The Hall–Kier alpha value is -0.823. The second-order valence-corrected chi connectivity index (χ2v) is 10.4. The fraction of sp³-hybridized carbons (Fsp3) is 0.700. The third-order valence-electron chi connectivity index (χ3n) is 2.60. The van der Waals surface area contributed by atoms with Crippen LogP contribution in [0.25, 0.3) is 0 Å². The summed E-state index contributed by atoms with van der Waals surface area (Å²) in [7, 11) is -1.57. The minimum absolute atomic E-state index is 0.0748. The van der Waals surface area contributed by atoms with Gasteiger partial charge in [0.1, 0.15) is 0 Å². The number of hydrogen-bond donors (Lipinski definition) is 0. The minimum atomic E-state index is -1.57. The summed E-state index contributed by atoms with van der Waals surface area (Å²) >= 11 is 0. The smallest absolute Gasteiger partial charge is 0.236 e. The van der Waals surface area contributed by atoms with E-state index >= 15 is 0 Å². The Morgan fingerprint density at radius 3 is 2.36 bits per heavy atom. The summed E-state index contributed by atoms with van der Waals surface area (Å²) in [6, 6.07) is 0.174. The maximum atomic E-state index is 11.9. The molecule has 1 rings (SSSR count). The van der Waals surface area contributed by atoms with Crippen molar-refractivity contribution in [1.82, 2.24) is 4.90 Å². The molecule has 0 bridgehead atoms. The molecule has 1 atom stereocenters. The average molecular weight is 209 g/mol. The van der Waals surface area contributed by atoms with Gasteiger partial charge in [0.15, 0.2) is 6.19 Å². The van der Waals surface area contributed by atoms with Gasteiger partial charge in [0.05, 0.1) is 8.07 Å². The Morgan fingerprint density at radius 2 is 2.07 bits per heavy atom. The lowest BCUT2D eigenvalue weighted by molar-refractivity contribution is -0.127. The molecule has 1 fully saturated rings. The second kappa shape index (κ2) is 3.74. The third kappa shape index (κ3) is 2.35. The van der Waals surface area contributed by atoms with Gasteiger partial charge >= 0.3 is 0 Å². The summed E-state index contributed by atoms with van der Waals surface area (Å²) in [6.45, 7) is 10.2. The molecule has 14 heavy (non-hydrogen) atoms. The molecule has 1 radical (unpaired) electrons. The van der Waals surface area contributed by atoms with E-state index in [1.165, 1.54) is 4.90 Å². The predicted octanol–water partition coefficient (Wildman–Crippen LogP) is 2.00. The first-order valence-corrected chi connectivity index (χ1v) is 8.51. The van der Waals surface area contributed by atoms with Crippen molar-refractivity contribution < 1.29 is 4.79 Å². The number of rotatable bonds is 3. The molecule has 0 saturated heterocycles. The quantitative estimate of drug-likeness (QED) is 0.405. The first-order valence-electron chi connectivity index (χ1n) is 4.94. The second-order valence-electron chi connectivity index (χ2n) is 4.96. The summed E-state index contributed by atoms with van der Waals surface area (Å²) in [5.74, 6) is -0.0748. The Balaban J connectivity index is 2.68. The normalized spacial score (nSPS) is 18.5. The number of nitrogens with zero attached hydrogens (tertiary/aromatic N) is 2. The maximum Gasteiger partial charge on any atom is 0.236 e. The van der Waals surface area contributed by atoms with Crippen molar-refractivity contribution in [2.75, 3.05) is 0 Å². The van der Waals surface area contributed by atoms with Crippen molar-refractivity contribution in [2.24, 2.45) is 0 Å². The molecular weight excluding hydrogens is 192 g/mol. The number of carbonyl (C=O) groups excluding carboxylic acids is 1. The molecule has 1 aliphatic rings. The van der Waals surface area contributed by atoms with Crippen molar-refractivity contribution in [3.8, 4) is 6.19 Å². The van der Waals surface area contributed by atoms with Crippen LogP contribution in [0.15, 0.2) is 0 Å². The Kier molecular flexibility index (Phi) is 3.00. The molecule has 1 aliphatic carbocycles. The van der Waals surface area contributed by atoms with Crippen LogP contribution < -0.4 is 0 Å². The maximum absolute atomic E-state index is 11.9. The van der Waals surface area contributed by atoms with E-state index in [4.69, 9.17) is 5.26 Å². The van der Waals surface area contributed by atoms with E-state index in [1.54, 1.807) is 0 Å². The standard InChI is InChI=1S/C10H17N2OSi/c1-8(14(2,3)4)10(13)12(7-11)9-5-6-9/h8-9H,1,5-6H2,2-4H3/t8-/m0/s1. The van der Waals surface area contributed by atoms with Crippen LogP contribution in [-0.4, -0.2) is 24.9 Å². The zero-order valence-electron chi connectivity index (χ0n) is 9.08. The molecule has 1 amide bonds. The highest BCUT2D eigenvalue weighted by molar-refractivity contribution is 6.80. The van der Waals surface area contributed by atoms with Crippen LogP contribution in [0.1, 0.15) is 12.8 Å². The molecule has 0 aromatic heterocycles. The summed E-state index contributed by atoms with van der Waals surface area (Å²) < 4.78 is 0. The SMILES string of the molecule is [CH2][C@@H](C(=O)N(C#N)C1CC1)[Si](C)(C)C. The fourth-order valence-electron chi connectivity index (χ4n) is 1.18. The average Bonchev–Trinajstić information content (AvgIpc) is 2.86. The first-order chi connectivity index (χ1) is 6.38. The zero-order chi connectivity index (χ0) is 10.9. The topological polar surface area (TPSA) is 44.1 Å². The van der Waals surface area contributed by atoms with Crippen molar-refractivity contribution in [3.05, 3.63) is 6.92 Å². The third-order valence-corrected chi connectivity index (χ3v) is 4.94. The molecule has 1 saturated carbocycles. The van der Waals surface area contributed by atoms with Crippen molar-refractivity contribution >= 4 is 14.0 Å². The van der Waals surface area contributed by atoms with Gasteiger partial charge in [0, 0.05) is 11.6 Å². The zero-order valence-corrected chi connectivity index (χ0v) is 10.1. The van der Waals surface area contributed by atoms with E-state index in [1.807, 2.05) is 6.19 Å². The largest absolute Gasteiger partial charge is 0.274 e. The number of hydrogen-bond acceptors (Lipinski definition) is 2. The van der Waals surface area contributed by atoms with Gasteiger partial charge in [-0.1, -0.05) is 19.6 Å². The van der Waals surface area contributed by atoms with Crippen molar-refractivity contribution in [2.45, 2.75) is 44.1 Å². The van der Waals surface area contributed by atoms with Crippen LogP contribution in [0.3, 0.4) is 0 Å². The Bertz CT molecular complexity index is 273. The molecule has 0 unspecified atom stereocenters. The lowest BCUT2D eigenvalue weighted by atomic mass is 10.4. The number of carbonyl (C=O) groups is 1. The van der Waals surface area contributed by atoms with Gasteiger partial charge in [-0.2, -0.15) is 5.26 Å². The fourth-order valence-corrected chi connectivity index (χ4v) is 2.06. The van der Waals surface area contributed by atoms with Gasteiger partial charge in [-0.25, -0.2) is 4.90 Å². The highest BCUT2D eigenvalue weighted by atomic mass is 28.3. The van der Waals surface area contributed by atoms with Crippen LogP contribution in [-0.2, 0) is 4.79 Å². The van der Waals surface area contributed by atoms with Gasteiger partial charge in [-0.15, -0.1) is 0 Å². The lowest BCUT2D eigenvalue weighted by Gasteiger charge is -2.26. The minimum Gasteiger partial charge on any atom is -0.274 e. The number of amides is 1. The van der Waals surface area contributed by atoms with Crippen LogP contribution in [0, 0.1) is 18.4 Å². The van der Waals surface area contributed by atoms with E-state index in [9.17, 15) is 4.79 Å². The molecule has 0 N–H and O–H groups in total. The molecule has 4 heteroatoms. The predicted molar refractivity (Wildman–Crippen MR) is 57.9 cm³/mol.